The molecule has 1 saturated heterocycles. The number of epoxide rings is 1. The molecule has 0 spiro atoms. The van der Waals surface area contributed by atoms with Gasteiger partial charge in [-0.2, -0.15) is 0 Å². The molecule has 0 N–H and O–H groups in total. The van der Waals surface area contributed by atoms with Crippen molar-refractivity contribution in [3.63, 3.8) is 0 Å². The van der Waals surface area contributed by atoms with Crippen LogP contribution in [0.5, 0.6) is 0 Å². The van der Waals surface area contributed by atoms with Gasteiger partial charge in [-0.05, 0) is 6.42 Å². The summed E-state index contributed by atoms with van der Waals surface area (Å²) >= 11 is 0. The summed E-state index contributed by atoms with van der Waals surface area (Å²) in [5.41, 5.74) is 0. The molecule has 0 bridgehead atoms. The van der Waals surface area contributed by atoms with E-state index in [1.54, 1.807) is 0 Å². The van der Waals surface area contributed by atoms with Crippen LogP contribution < -0.4 is 0 Å². The number of hydrogen-bond donors (Lipinski definition) is 0. The molecule has 1 rings (SSSR count). The zero-order chi connectivity index (χ0) is 6.53. The SMILES string of the molecule is CCCCOCC1CO1.[Si]. The average molecular weight is 158 g/mol. The number of hydrogen-bond acceptors (Lipinski definition) is 2. The highest BCUT2D eigenvalue weighted by atomic mass is 28.1. The second-order valence-corrected chi connectivity index (χ2v) is 2.38. The van der Waals surface area contributed by atoms with Crippen molar-refractivity contribution in [2.24, 2.45) is 0 Å². The monoisotopic (exact) mass is 158 g/mol. The van der Waals surface area contributed by atoms with Crippen molar-refractivity contribution in [3.05, 3.63) is 0 Å². The van der Waals surface area contributed by atoms with E-state index in [0.29, 0.717) is 6.10 Å². The third kappa shape index (κ3) is 4.96. The molecule has 1 unspecified atom stereocenters. The summed E-state index contributed by atoms with van der Waals surface area (Å²) in [5.74, 6) is 0. The lowest BCUT2D eigenvalue weighted by Gasteiger charge is -1.97. The molecule has 1 aliphatic rings. The van der Waals surface area contributed by atoms with Crippen molar-refractivity contribution in [1.82, 2.24) is 0 Å². The Balaban J connectivity index is 0.000000810. The van der Waals surface area contributed by atoms with Gasteiger partial charge >= 0.3 is 0 Å². The third-order valence-electron chi connectivity index (χ3n) is 1.35. The summed E-state index contributed by atoms with van der Waals surface area (Å²) in [5, 5.41) is 0. The summed E-state index contributed by atoms with van der Waals surface area (Å²) in [6.07, 6.45) is 2.82. The highest BCUT2D eigenvalue weighted by molar-refractivity contribution is 5.75. The molecule has 1 atom stereocenters. The van der Waals surface area contributed by atoms with Gasteiger partial charge in [0, 0.05) is 17.6 Å². The first-order chi connectivity index (χ1) is 4.43. The Morgan fingerprint density at radius 2 is 2.30 bits per heavy atom. The van der Waals surface area contributed by atoms with Gasteiger partial charge in [-0.15, -0.1) is 0 Å². The minimum absolute atomic E-state index is 0. The fourth-order valence-corrected chi connectivity index (χ4v) is 0.625. The molecule has 1 fully saturated rings. The van der Waals surface area contributed by atoms with Crippen LogP contribution >= 0.6 is 0 Å². The maximum absolute atomic E-state index is 5.27. The van der Waals surface area contributed by atoms with Gasteiger partial charge in [-0.25, -0.2) is 0 Å². The van der Waals surface area contributed by atoms with Crippen molar-refractivity contribution in [2.75, 3.05) is 19.8 Å². The van der Waals surface area contributed by atoms with Gasteiger partial charge in [0.05, 0.1) is 13.2 Å². The van der Waals surface area contributed by atoms with E-state index in [2.05, 4.69) is 6.92 Å². The topological polar surface area (TPSA) is 21.8 Å². The minimum atomic E-state index is 0. The Labute approximate surface area is 66.9 Å². The first-order valence-corrected chi connectivity index (χ1v) is 3.63. The smallest absolute Gasteiger partial charge is 0.104 e. The molecule has 0 saturated carbocycles. The molecule has 1 heterocycles. The van der Waals surface area contributed by atoms with Crippen LogP contribution in [0.15, 0.2) is 0 Å². The van der Waals surface area contributed by atoms with Gasteiger partial charge < -0.3 is 9.47 Å². The van der Waals surface area contributed by atoms with Crippen molar-refractivity contribution < 1.29 is 9.47 Å². The van der Waals surface area contributed by atoms with E-state index in [4.69, 9.17) is 9.47 Å². The molecule has 0 aromatic heterocycles. The zero-order valence-electron chi connectivity index (χ0n) is 6.43. The van der Waals surface area contributed by atoms with Gasteiger partial charge in [0.25, 0.3) is 0 Å². The Morgan fingerprint density at radius 1 is 1.60 bits per heavy atom. The Bertz CT molecular complexity index is 74.0. The van der Waals surface area contributed by atoms with Crippen LogP contribution in [0.2, 0.25) is 0 Å². The fourth-order valence-electron chi connectivity index (χ4n) is 0.625. The Kier molecular flexibility index (Phi) is 5.97. The molecule has 10 heavy (non-hydrogen) atoms. The van der Waals surface area contributed by atoms with E-state index in [0.717, 1.165) is 19.8 Å². The van der Waals surface area contributed by atoms with E-state index in [-0.39, 0.29) is 11.0 Å². The predicted octanol–water partition coefficient (Wildman–Crippen LogP) is 0.821. The second-order valence-electron chi connectivity index (χ2n) is 2.38. The van der Waals surface area contributed by atoms with E-state index in [9.17, 15) is 0 Å². The summed E-state index contributed by atoms with van der Waals surface area (Å²) in [7, 11) is 0. The highest BCUT2D eigenvalue weighted by Gasteiger charge is 2.21. The number of ether oxygens (including phenoxy) is 2. The predicted molar refractivity (Wildman–Crippen MR) is 41.2 cm³/mol. The second kappa shape index (κ2) is 5.89. The fraction of sp³-hybridized carbons (Fsp3) is 1.00. The van der Waals surface area contributed by atoms with Gasteiger partial charge in [0.1, 0.15) is 6.10 Å². The first-order valence-electron chi connectivity index (χ1n) is 3.63. The van der Waals surface area contributed by atoms with Crippen molar-refractivity contribution in [1.29, 1.82) is 0 Å². The zero-order valence-corrected chi connectivity index (χ0v) is 7.43. The molecular weight excluding hydrogens is 144 g/mol. The maximum atomic E-state index is 5.27. The van der Waals surface area contributed by atoms with Crippen molar-refractivity contribution >= 4 is 11.0 Å². The van der Waals surface area contributed by atoms with E-state index >= 15 is 0 Å². The lowest BCUT2D eigenvalue weighted by molar-refractivity contribution is 0.114. The van der Waals surface area contributed by atoms with E-state index in [1.807, 2.05) is 0 Å². The summed E-state index contributed by atoms with van der Waals surface area (Å²) in [6, 6.07) is 0. The van der Waals surface area contributed by atoms with Crippen molar-refractivity contribution in [3.8, 4) is 0 Å². The van der Waals surface area contributed by atoms with Gasteiger partial charge in [-0.3, -0.25) is 0 Å². The molecule has 0 aromatic carbocycles. The maximum Gasteiger partial charge on any atom is 0.104 e. The van der Waals surface area contributed by atoms with Crippen LogP contribution in [-0.4, -0.2) is 36.9 Å². The molecular formula is C7H14O2Si. The highest BCUT2D eigenvalue weighted by Crippen LogP contribution is 2.08. The quantitative estimate of drug-likeness (QED) is 0.336. The van der Waals surface area contributed by atoms with Gasteiger partial charge in [0.15, 0.2) is 0 Å². The van der Waals surface area contributed by atoms with Crippen LogP contribution in [0.1, 0.15) is 19.8 Å². The van der Waals surface area contributed by atoms with Gasteiger partial charge in [0.2, 0.25) is 0 Å². The number of unbranched alkanes of at least 4 members (excludes halogenated alkanes) is 1. The van der Waals surface area contributed by atoms with Crippen LogP contribution in [0.3, 0.4) is 0 Å². The molecule has 0 aromatic rings. The Hall–Kier alpha value is 0.137. The Morgan fingerprint density at radius 3 is 2.80 bits per heavy atom. The normalized spacial score (nSPS) is 21.9. The minimum Gasteiger partial charge on any atom is -0.379 e. The van der Waals surface area contributed by atoms with Crippen LogP contribution in [0.4, 0.5) is 0 Å². The standard InChI is InChI=1S/C7H14O2.Si/c1-2-3-4-8-5-7-6-9-7;/h7H,2-6H2,1H3;. The van der Waals surface area contributed by atoms with Crippen LogP contribution in [0.25, 0.3) is 0 Å². The number of rotatable bonds is 5. The van der Waals surface area contributed by atoms with E-state index in [1.165, 1.54) is 12.8 Å². The van der Waals surface area contributed by atoms with Crippen LogP contribution in [0, 0.1) is 0 Å². The summed E-state index contributed by atoms with van der Waals surface area (Å²) < 4.78 is 10.2. The van der Waals surface area contributed by atoms with E-state index < -0.39 is 0 Å². The molecule has 0 aliphatic carbocycles. The molecule has 2 nitrogen and oxygen atoms in total. The summed E-state index contributed by atoms with van der Waals surface area (Å²) in [6.45, 7) is 4.78. The van der Waals surface area contributed by atoms with Crippen LogP contribution in [-0.2, 0) is 9.47 Å². The third-order valence-corrected chi connectivity index (χ3v) is 1.35. The summed E-state index contributed by atoms with van der Waals surface area (Å²) in [4.78, 5) is 0. The molecule has 1 aliphatic heterocycles. The van der Waals surface area contributed by atoms with Crippen molar-refractivity contribution in [2.45, 2.75) is 25.9 Å². The average Bonchev–Trinajstić information content (AvgIpc) is 2.63. The molecule has 58 valence electrons. The molecule has 3 heteroatoms. The van der Waals surface area contributed by atoms with Gasteiger partial charge in [-0.1, -0.05) is 13.3 Å². The first kappa shape index (κ1) is 10.1. The largest absolute Gasteiger partial charge is 0.379 e. The lowest BCUT2D eigenvalue weighted by Crippen LogP contribution is -2.01. The molecule has 4 radical (unpaired) electrons. The lowest BCUT2D eigenvalue weighted by atomic mass is 10.4. The molecule has 0 amide bonds.